The second-order valence-electron chi connectivity index (χ2n) is 4.47. The molecule has 0 aliphatic rings. The summed E-state index contributed by atoms with van der Waals surface area (Å²) in [7, 11) is 1.60. The van der Waals surface area contributed by atoms with Crippen molar-refractivity contribution in [3.8, 4) is 0 Å². The number of carbonyl (C=O) groups is 2. The van der Waals surface area contributed by atoms with Crippen LogP contribution in [-0.2, 0) is 9.53 Å². The summed E-state index contributed by atoms with van der Waals surface area (Å²) < 4.78 is 5.15. The Balaban J connectivity index is 4.29. The van der Waals surface area contributed by atoms with Gasteiger partial charge in [-0.1, -0.05) is 11.6 Å². The van der Waals surface area contributed by atoms with E-state index < -0.39 is 11.7 Å². The Hall–Kier alpha value is -1.03. The van der Waals surface area contributed by atoms with Crippen LogP contribution in [0.1, 0.15) is 27.2 Å². The summed E-state index contributed by atoms with van der Waals surface area (Å²) in [6, 6.07) is 0. The summed E-state index contributed by atoms with van der Waals surface area (Å²) in [5.41, 5.74) is 1.46. The zero-order valence-electron chi connectivity index (χ0n) is 10.1. The molecule has 1 amide bonds. The van der Waals surface area contributed by atoms with Crippen LogP contribution >= 0.6 is 11.6 Å². The van der Waals surface area contributed by atoms with E-state index in [0.717, 1.165) is 6.29 Å². The average molecular weight is 248 g/mol. The second kappa shape index (κ2) is 6.53. The van der Waals surface area contributed by atoms with Crippen molar-refractivity contribution in [3.63, 3.8) is 0 Å². The Labute approximate surface area is 101 Å². The maximum Gasteiger partial charge on any atom is 0.410 e. The summed E-state index contributed by atoms with van der Waals surface area (Å²) in [5.74, 6) is 0. The molecule has 0 saturated carbocycles. The number of amides is 1. The second-order valence-corrected chi connectivity index (χ2v) is 4.69. The fourth-order valence-corrected chi connectivity index (χ4v) is 1.12. The van der Waals surface area contributed by atoms with Gasteiger partial charge in [-0.3, -0.25) is 0 Å². The molecule has 5 heteroatoms. The van der Waals surface area contributed by atoms with Crippen molar-refractivity contribution in [2.24, 2.45) is 0 Å². The normalized spacial score (nSPS) is 12.2. The van der Waals surface area contributed by atoms with E-state index in [4.69, 9.17) is 16.3 Å². The van der Waals surface area contributed by atoms with Gasteiger partial charge in [0.1, 0.15) is 11.9 Å². The molecule has 4 nitrogen and oxygen atoms in total. The molecule has 92 valence electrons. The lowest BCUT2D eigenvalue weighted by atomic mass is 10.2. The number of carbonyl (C=O) groups excluding carboxylic acids is 2. The quantitative estimate of drug-likeness (QED) is 0.718. The molecular formula is C11H18ClNO3. The Morgan fingerprint density at radius 3 is 2.38 bits per heavy atom. The van der Waals surface area contributed by atoms with Gasteiger partial charge in [-0.25, -0.2) is 4.79 Å². The van der Waals surface area contributed by atoms with Crippen molar-refractivity contribution in [1.82, 2.24) is 4.90 Å². The van der Waals surface area contributed by atoms with Gasteiger partial charge in [0.2, 0.25) is 0 Å². The molecule has 0 aliphatic heterocycles. The molecule has 0 atom stereocenters. The molecule has 0 fully saturated rings. The molecular weight excluding hydrogens is 230 g/mol. The van der Waals surface area contributed by atoms with Crippen molar-refractivity contribution in [2.75, 3.05) is 13.6 Å². The van der Waals surface area contributed by atoms with E-state index in [9.17, 15) is 9.59 Å². The molecule has 16 heavy (non-hydrogen) atoms. The molecule has 0 aromatic heterocycles. The van der Waals surface area contributed by atoms with Gasteiger partial charge in [0.05, 0.1) is 0 Å². The lowest BCUT2D eigenvalue weighted by Crippen LogP contribution is -2.35. The van der Waals surface area contributed by atoms with Crippen LogP contribution < -0.4 is 0 Å². The summed E-state index contributed by atoms with van der Waals surface area (Å²) in [6.45, 7) is 5.67. The van der Waals surface area contributed by atoms with Gasteiger partial charge in [-0.15, -0.1) is 0 Å². The van der Waals surface area contributed by atoms with Crippen LogP contribution in [0.5, 0.6) is 0 Å². The van der Waals surface area contributed by atoms with Crippen LogP contribution in [0.25, 0.3) is 0 Å². The molecule has 0 aromatic rings. The molecule has 0 heterocycles. The third-order valence-corrected chi connectivity index (χ3v) is 1.95. The third-order valence-electron chi connectivity index (χ3n) is 1.65. The van der Waals surface area contributed by atoms with Crippen LogP contribution in [0.4, 0.5) is 4.79 Å². The number of hydrogen-bond donors (Lipinski definition) is 0. The van der Waals surface area contributed by atoms with Crippen molar-refractivity contribution in [3.05, 3.63) is 11.1 Å². The summed E-state index contributed by atoms with van der Waals surface area (Å²) in [6.07, 6.45) is 0.530. The van der Waals surface area contributed by atoms with Crippen LogP contribution in [0.15, 0.2) is 11.1 Å². The van der Waals surface area contributed by atoms with Crippen molar-refractivity contribution in [2.45, 2.75) is 32.8 Å². The van der Waals surface area contributed by atoms with Gasteiger partial charge in [0, 0.05) is 25.5 Å². The Kier molecular flexibility index (Phi) is 6.11. The number of nitrogens with zero attached hydrogens (tertiary/aromatic N) is 1. The van der Waals surface area contributed by atoms with E-state index in [-0.39, 0.29) is 13.0 Å². The minimum absolute atomic E-state index is 0.219. The lowest BCUT2D eigenvalue weighted by Gasteiger charge is -2.24. The van der Waals surface area contributed by atoms with Gasteiger partial charge in [0.15, 0.2) is 0 Å². The Bertz CT molecular complexity index is 281. The standard InChI is InChI=1S/C11H18ClNO3/c1-11(2,3)16-10(15)13(4)8-9(7-12)5-6-14/h6-7H,5,8H2,1-4H3/b9-7-. The maximum absolute atomic E-state index is 11.6. The predicted octanol–water partition coefficient (Wildman–Crippen LogP) is 2.57. The van der Waals surface area contributed by atoms with Crippen LogP contribution in [-0.4, -0.2) is 36.5 Å². The first-order valence-corrected chi connectivity index (χ1v) is 5.39. The van der Waals surface area contributed by atoms with Gasteiger partial charge < -0.3 is 14.4 Å². The number of rotatable bonds is 4. The van der Waals surface area contributed by atoms with E-state index in [0.29, 0.717) is 5.57 Å². The first kappa shape index (κ1) is 15.0. The number of ether oxygens (including phenoxy) is 1. The number of hydrogen-bond acceptors (Lipinski definition) is 3. The van der Waals surface area contributed by atoms with E-state index in [1.165, 1.54) is 10.4 Å². The number of aldehydes is 1. The van der Waals surface area contributed by atoms with Crippen molar-refractivity contribution in [1.29, 1.82) is 0 Å². The fourth-order valence-electron chi connectivity index (χ4n) is 0.960. The maximum atomic E-state index is 11.6. The van der Waals surface area contributed by atoms with Gasteiger partial charge in [-0.2, -0.15) is 0 Å². The SMILES string of the molecule is CN(C/C(=C\Cl)CC=O)C(=O)OC(C)(C)C. The number of likely N-dealkylation sites (N-methyl/N-ethyl adjacent to an activating group) is 1. The number of halogens is 1. The molecule has 0 rings (SSSR count). The molecule has 0 N–H and O–H groups in total. The Morgan fingerprint density at radius 2 is 2.00 bits per heavy atom. The summed E-state index contributed by atoms with van der Waals surface area (Å²) in [5, 5.41) is 0. The predicted molar refractivity (Wildman–Crippen MR) is 63.5 cm³/mol. The smallest absolute Gasteiger partial charge is 0.410 e. The van der Waals surface area contributed by atoms with Crippen LogP contribution in [0.2, 0.25) is 0 Å². The van der Waals surface area contributed by atoms with E-state index >= 15 is 0 Å². The lowest BCUT2D eigenvalue weighted by molar-refractivity contribution is -0.107. The first-order valence-electron chi connectivity index (χ1n) is 4.96. The average Bonchev–Trinajstić information content (AvgIpc) is 2.14. The zero-order valence-corrected chi connectivity index (χ0v) is 10.9. The highest BCUT2D eigenvalue weighted by Gasteiger charge is 2.19. The van der Waals surface area contributed by atoms with Crippen LogP contribution in [0.3, 0.4) is 0 Å². The van der Waals surface area contributed by atoms with E-state index in [1.807, 2.05) is 0 Å². The van der Waals surface area contributed by atoms with E-state index in [1.54, 1.807) is 27.8 Å². The van der Waals surface area contributed by atoms with Gasteiger partial charge in [0.25, 0.3) is 0 Å². The van der Waals surface area contributed by atoms with Gasteiger partial charge >= 0.3 is 6.09 Å². The van der Waals surface area contributed by atoms with Crippen molar-refractivity contribution >= 4 is 24.0 Å². The van der Waals surface area contributed by atoms with E-state index in [2.05, 4.69) is 0 Å². The third kappa shape index (κ3) is 6.45. The molecule has 0 radical (unpaired) electrons. The summed E-state index contributed by atoms with van der Waals surface area (Å²) >= 11 is 5.53. The monoisotopic (exact) mass is 247 g/mol. The highest BCUT2D eigenvalue weighted by atomic mass is 35.5. The fraction of sp³-hybridized carbons (Fsp3) is 0.636. The Morgan fingerprint density at radius 1 is 1.44 bits per heavy atom. The molecule has 0 saturated heterocycles. The first-order chi connectivity index (χ1) is 7.30. The van der Waals surface area contributed by atoms with Crippen LogP contribution in [0, 0.1) is 0 Å². The largest absolute Gasteiger partial charge is 0.444 e. The molecule has 0 spiro atoms. The summed E-state index contributed by atoms with van der Waals surface area (Å²) in [4.78, 5) is 23.3. The molecule has 0 aromatic carbocycles. The topological polar surface area (TPSA) is 46.6 Å². The molecule has 0 aliphatic carbocycles. The van der Waals surface area contributed by atoms with Gasteiger partial charge in [-0.05, 0) is 26.3 Å². The highest BCUT2D eigenvalue weighted by Crippen LogP contribution is 2.11. The highest BCUT2D eigenvalue weighted by molar-refractivity contribution is 6.25. The molecule has 0 unspecified atom stereocenters. The molecule has 0 bridgehead atoms. The zero-order chi connectivity index (χ0) is 12.8. The minimum Gasteiger partial charge on any atom is -0.444 e. The van der Waals surface area contributed by atoms with Crippen molar-refractivity contribution < 1.29 is 14.3 Å². The minimum atomic E-state index is -0.527.